The molecule has 0 spiro atoms. The molecule has 1 rings (SSSR count). The first-order valence-corrected chi connectivity index (χ1v) is 7.98. The second kappa shape index (κ2) is 6.27. The molecule has 0 saturated heterocycles. The summed E-state index contributed by atoms with van der Waals surface area (Å²) in [6.45, 7) is 16.1. The Morgan fingerprint density at radius 2 is 1.39 bits per heavy atom. The van der Waals surface area contributed by atoms with Crippen molar-refractivity contribution >= 4 is 11.9 Å². The summed E-state index contributed by atoms with van der Waals surface area (Å²) in [6, 6.07) is 0. The van der Waals surface area contributed by atoms with E-state index in [2.05, 4.69) is 6.58 Å². The summed E-state index contributed by atoms with van der Waals surface area (Å²) in [4.78, 5) is 25.5. The second-order valence-corrected chi connectivity index (χ2v) is 8.51. The van der Waals surface area contributed by atoms with Crippen molar-refractivity contribution in [2.24, 2.45) is 11.3 Å². The lowest BCUT2D eigenvalue weighted by atomic mass is 9.83. The first-order chi connectivity index (χ1) is 10.2. The molecule has 0 bridgehead atoms. The molecule has 0 radical (unpaired) electrons. The van der Waals surface area contributed by atoms with Crippen LogP contribution >= 0.6 is 0 Å². The van der Waals surface area contributed by atoms with Gasteiger partial charge in [0.2, 0.25) is 0 Å². The first-order valence-electron chi connectivity index (χ1n) is 7.98. The minimum Gasteiger partial charge on any atom is -0.459 e. The maximum Gasteiger partial charge on any atom is 0.324 e. The Bertz CT molecular complexity index is 465. The third-order valence-corrected chi connectivity index (χ3v) is 3.80. The van der Waals surface area contributed by atoms with Crippen LogP contribution in [-0.4, -0.2) is 34.4 Å². The van der Waals surface area contributed by atoms with E-state index in [1.807, 2.05) is 0 Å². The third kappa shape index (κ3) is 4.80. The van der Waals surface area contributed by atoms with Crippen LogP contribution in [0.25, 0.3) is 0 Å². The summed E-state index contributed by atoms with van der Waals surface area (Å²) in [5.74, 6) is -1.60. The van der Waals surface area contributed by atoms with Gasteiger partial charge in [-0.2, -0.15) is 0 Å². The van der Waals surface area contributed by atoms with Crippen molar-refractivity contribution in [3.63, 3.8) is 0 Å². The smallest absolute Gasteiger partial charge is 0.324 e. The van der Waals surface area contributed by atoms with Gasteiger partial charge in [0.15, 0.2) is 5.41 Å². The van der Waals surface area contributed by atoms with Crippen LogP contribution in [-0.2, 0) is 19.1 Å². The van der Waals surface area contributed by atoms with Gasteiger partial charge in [-0.1, -0.05) is 12.2 Å². The summed E-state index contributed by atoms with van der Waals surface area (Å²) in [6.07, 6.45) is -0.658. The van der Waals surface area contributed by atoms with E-state index in [4.69, 9.17) is 9.47 Å². The molecule has 0 aromatic rings. The number of aliphatic hydroxyl groups excluding tert-OH is 1. The molecule has 2 atom stereocenters. The van der Waals surface area contributed by atoms with Crippen LogP contribution < -0.4 is 0 Å². The van der Waals surface area contributed by atoms with Gasteiger partial charge in [0.25, 0.3) is 0 Å². The van der Waals surface area contributed by atoms with E-state index in [0.717, 1.165) is 5.57 Å². The van der Waals surface area contributed by atoms with Crippen molar-refractivity contribution in [2.75, 3.05) is 0 Å². The number of rotatable bonds is 3. The number of carbonyl (C=O) groups excluding carboxylic acids is 2. The molecule has 0 aromatic heterocycles. The number of ether oxygens (including phenoxy) is 2. The maximum absolute atomic E-state index is 12.8. The molecular weight excluding hydrogens is 296 g/mol. The number of carbonyl (C=O) groups is 2. The minimum absolute atomic E-state index is 0.00560. The molecule has 23 heavy (non-hydrogen) atoms. The van der Waals surface area contributed by atoms with Gasteiger partial charge in [-0.25, -0.2) is 0 Å². The summed E-state index contributed by atoms with van der Waals surface area (Å²) in [7, 11) is 0. The van der Waals surface area contributed by atoms with Crippen molar-refractivity contribution < 1.29 is 24.2 Å². The molecule has 0 aromatic carbocycles. The Balaban J connectivity index is 3.20. The highest BCUT2D eigenvalue weighted by atomic mass is 16.6. The lowest BCUT2D eigenvalue weighted by Gasteiger charge is -2.32. The average molecular weight is 326 g/mol. The zero-order valence-corrected chi connectivity index (χ0v) is 15.4. The molecule has 0 heterocycles. The monoisotopic (exact) mass is 326 g/mol. The average Bonchev–Trinajstić information content (AvgIpc) is 2.64. The fourth-order valence-electron chi connectivity index (χ4n) is 2.76. The van der Waals surface area contributed by atoms with Crippen LogP contribution in [0.5, 0.6) is 0 Å². The number of hydrogen-bond acceptors (Lipinski definition) is 5. The normalized spacial score (nSPS) is 24.2. The highest BCUT2D eigenvalue weighted by Crippen LogP contribution is 2.47. The van der Waals surface area contributed by atoms with Gasteiger partial charge in [-0.05, 0) is 54.9 Å². The molecule has 0 unspecified atom stereocenters. The number of hydrogen-bond donors (Lipinski definition) is 1. The molecule has 5 heteroatoms. The second-order valence-electron chi connectivity index (χ2n) is 8.51. The zero-order chi connectivity index (χ0) is 18.2. The first kappa shape index (κ1) is 19.7. The fourth-order valence-corrected chi connectivity index (χ4v) is 2.76. The Kier molecular flexibility index (Phi) is 5.36. The standard InChI is InChI=1S/C18H30O5/c1-11(2)12-9-18(10-13(12)19,14(20)22-16(3,4)5)15(21)23-17(6,7)8/h12-13,19H,1,9-10H2,2-8H3/t12-,13+/m0/s1. The molecule has 0 aliphatic heterocycles. The molecule has 0 amide bonds. The lowest BCUT2D eigenvalue weighted by Crippen LogP contribution is -2.45. The van der Waals surface area contributed by atoms with E-state index < -0.39 is 34.7 Å². The predicted molar refractivity (Wildman–Crippen MR) is 87.7 cm³/mol. The highest BCUT2D eigenvalue weighted by Gasteiger charge is 2.58. The van der Waals surface area contributed by atoms with Gasteiger partial charge in [-0.15, -0.1) is 0 Å². The van der Waals surface area contributed by atoms with Crippen molar-refractivity contribution in [1.29, 1.82) is 0 Å². The maximum atomic E-state index is 12.8. The van der Waals surface area contributed by atoms with E-state index in [9.17, 15) is 14.7 Å². The van der Waals surface area contributed by atoms with Crippen molar-refractivity contribution in [3.05, 3.63) is 12.2 Å². The third-order valence-electron chi connectivity index (χ3n) is 3.80. The summed E-state index contributed by atoms with van der Waals surface area (Å²) in [5, 5.41) is 10.3. The van der Waals surface area contributed by atoms with Crippen LogP contribution in [0.4, 0.5) is 0 Å². The van der Waals surface area contributed by atoms with Crippen LogP contribution in [0.3, 0.4) is 0 Å². The Morgan fingerprint density at radius 3 is 1.65 bits per heavy atom. The van der Waals surface area contributed by atoms with Gasteiger partial charge in [0, 0.05) is 12.3 Å². The largest absolute Gasteiger partial charge is 0.459 e. The summed E-state index contributed by atoms with van der Waals surface area (Å²) >= 11 is 0. The summed E-state index contributed by atoms with van der Waals surface area (Å²) in [5.41, 5.74) is -2.19. The number of esters is 2. The minimum atomic E-state index is -1.48. The van der Waals surface area contributed by atoms with Gasteiger partial charge >= 0.3 is 11.9 Å². The quantitative estimate of drug-likeness (QED) is 0.490. The molecule has 1 N–H and O–H groups in total. The highest BCUT2D eigenvalue weighted by molar-refractivity contribution is 6.01. The molecule has 1 aliphatic rings. The van der Waals surface area contributed by atoms with E-state index in [1.165, 1.54) is 0 Å². The van der Waals surface area contributed by atoms with Gasteiger partial charge in [-0.3, -0.25) is 9.59 Å². The van der Waals surface area contributed by atoms with Crippen molar-refractivity contribution in [1.82, 2.24) is 0 Å². The molecular formula is C18H30O5. The zero-order valence-electron chi connectivity index (χ0n) is 15.4. The number of aliphatic hydroxyl groups is 1. The van der Waals surface area contributed by atoms with E-state index in [1.54, 1.807) is 48.5 Å². The van der Waals surface area contributed by atoms with E-state index in [-0.39, 0.29) is 18.8 Å². The Morgan fingerprint density at radius 1 is 1.00 bits per heavy atom. The topological polar surface area (TPSA) is 72.8 Å². The molecule has 132 valence electrons. The van der Waals surface area contributed by atoms with Gasteiger partial charge < -0.3 is 14.6 Å². The van der Waals surface area contributed by atoms with Crippen LogP contribution in [0.2, 0.25) is 0 Å². The molecule has 1 aliphatic carbocycles. The fraction of sp³-hybridized carbons (Fsp3) is 0.778. The summed E-state index contributed by atoms with van der Waals surface area (Å²) < 4.78 is 10.9. The van der Waals surface area contributed by atoms with Crippen molar-refractivity contribution in [3.8, 4) is 0 Å². The Labute approximate surface area is 139 Å². The van der Waals surface area contributed by atoms with Gasteiger partial charge in [0.1, 0.15) is 11.2 Å². The Hall–Kier alpha value is -1.36. The molecule has 1 fully saturated rings. The van der Waals surface area contributed by atoms with Gasteiger partial charge in [0.05, 0.1) is 6.10 Å². The molecule has 5 nitrogen and oxygen atoms in total. The SMILES string of the molecule is C=C(C)[C@@H]1CC(C(=O)OC(C)(C)C)(C(=O)OC(C)(C)C)C[C@H]1O. The van der Waals surface area contributed by atoms with Crippen LogP contribution in [0.15, 0.2) is 12.2 Å². The van der Waals surface area contributed by atoms with E-state index in [0.29, 0.717) is 0 Å². The molecule has 1 saturated carbocycles. The van der Waals surface area contributed by atoms with Crippen LogP contribution in [0, 0.1) is 11.3 Å². The van der Waals surface area contributed by atoms with Crippen LogP contribution in [0.1, 0.15) is 61.3 Å². The van der Waals surface area contributed by atoms with E-state index >= 15 is 0 Å². The predicted octanol–water partition coefficient (Wildman–Crippen LogP) is 3.00. The lowest BCUT2D eigenvalue weighted by molar-refractivity contribution is -0.185. The van der Waals surface area contributed by atoms with Crippen molar-refractivity contribution in [2.45, 2.75) is 78.6 Å².